The van der Waals surface area contributed by atoms with E-state index in [0.717, 1.165) is 6.08 Å². The summed E-state index contributed by atoms with van der Waals surface area (Å²) in [7, 11) is 0. The number of anilines is 1. The van der Waals surface area contributed by atoms with E-state index in [-0.39, 0.29) is 5.75 Å². The van der Waals surface area contributed by atoms with E-state index in [2.05, 4.69) is 5.32 Å². The molecule has 0 aliphatic carbocycles. The zero-order valence-electron chi connectivity index (χ0n) is 15.4. The highest BCUT2D eigenvalue weighted by molar-refractivity contribution is 5.85. The van der Waals surface area contributed by atoms with Gasteiger partial charge in [0.25, 0.3) is 0 Å². The molecule has 0 aliphatic rings. The summed E-state index contributed by atoms with van der Waals surface area (Å²) in [5, 5.41) is 29.8. The van der Waals surface area contributed by atoms with Crippen molar-refractivity contribution in [1.29, 1.82) is 5.26 Å². The predicted molar refractivity (Wildman–Crippen MR) is 103 cm³/mol. The minimum atomic E-state index is -1.11. The molecule has 2 aromatic carbocycles. The van der Waals surface area contributed by atoms with Crippen LogP contribution < -0.4 is 5.32 Å². The summed E-state index contributed by atoms with van der Waals surface area (Å²) >= 11 is 0. The normalized spacial score (nSPS) is 12.2. The van der Waals surface area contributed by atoms with Crippen LogP contribution in [0.3, 0.4) is 0 Å². The minimum absolute atomic E-state index is 0.0587. The summed E-state index contributed by atoms with van der Waals surface area (Å²) in [6, 6.07) is 14.4. The van der Waals surface area contributed by atoms with Gasteiger partial charge in [-0.25, -0.2) is 9.59 Å². The topological polar surface area (TPSA) is 120 Å². The van der Waals surface area contributed by atoms with Crippen molar-refractivity contribution in [2.45, 2.75) is 20.0 Å². The zero-order valence-corrected chi connectivity index (χ0v) is 15.4. The van der Waals surface area contributed by atoms with Gasteiger partial charge in [0, 0.05) is 17.2 Å². The van der Waals surface area contributed by atoms with E-state index in [1.54, 1.807) is 50.2 Å². The van der Waals surface area contributed by atoms with Crippen LogP contribution in [0.4, 0.5) is 10.5 Å². The fraction of sp³-hybridized carbons (Fsp3) is 0.190. The maximum absolute atomic E-state index is 12.4. The van der Waals surface area contributed by atoms with Gasteiger partial charge in [0.2, 0.25) is 0 Å². The molecule has 0 spiro atoms. The molecule has 1 amide bonds. The summed E-state index contributed by atoms with van der Waals surface area (Å²) in [6.07, 6.45) is 0.888. The second kappa shape index (κ2) is 8.73. The number of hydrogen-bond donors (Lipinski definition) is 3. The molecule has 0 radical (unpaired) electrons. The van der Waals surface area contributed by atoms with Crippen LogP contribution in [0.25, 0.3) is 0 Å². The third kappa shape index (κ3) is 5.61. The molecule has 1 atom stereocenters. The number of carbonyl (C=O) groups is 2. The molecule has 0 bridgehead atoms. The Morgan fingerprint density at radius 2 is 1.75 bits per heavy atom. The molecule has 28 heavy (non-hydrogen) atoms. The van der Waals surface area contributed by atoms with E-state index in [4.69, 9.17) is 15.1 Å². The maximum atomic E-state index is 12.4. The molecule has 0 fully saturated rings. The molecule has 2 aromatic rings. The summed E-state index contributed by atoms with van der Waals surface area (Å²) in [4.78, 5) is 23.3. The van der Waals surface area contributed by atoms with E-state index in [9.17, 15) is 14.7 Å². The quantitative estimate of drug-likeness (QED) is 0.646. The number of benzene rings is 2. The average Bonchev–Trinajstić information content (AvgIpc) is 2.66. The van der Waals surface area contributed by atoms with E-state index in [1.165, 1.54) is 18.2 Å². The van der Waals surface area contributed by atoms with Crippen LogP contribution in [-0.2, 0) is 9.53 Å². The third-order valence-corrected chi connectivity index (χ3v) is 4.01. The lowest BCUT2D eigenvalue weighted by molar-refractivity contribution is -0.131. The largest absolute Gasteiger partial charge is 0.508 e. The number of nitrogens with one attached hydrogen (secondary N) is 1. The van der Waals surface area contributed by atoms with E-state index in [1.807, 2.05) is 6.07 Å². The van der Waals surface area contributed by atoms with Gasteiger partial charge in [0.1, 0.15) is 11.9 Å². The molecule has 0 heterocycles. The Kier molecular flexibility index (Phi) is 6.40. The summed E-state index contributed by atoms with van der Waals surface area (Å²) in [5.41, 5.74) is 0.651. The molecule has 0 saturated heterocycles. The average molecular weight is 380 g/mol. The van der Waals surface area contributed by atoms with Crippen LogP contribution in [0.2, 0.25) is 0 Å². The lowest BCUT2D eigenvalue weighted by Crippen LogP contribution is -2.27. The first-order chi connectivity index (χ1) is 13.2. The molecule has 7 nitrogen and oxygen atoms in total. The first-order valence-electron chi connectivity index (χ1n) is 8.40. The van der Waals surface area contributed by atoms with Crippen molar-refractivity contribution in [3.05, 3.63) is 71.8 Å². The van der Waals surface area contributed by atoms with E-state index >= 15 is 0 Å². The Balaban J connectivity index is 2.25. The molecule has 0 saturated carbocycles. The number of carboxylic acids is 1. The van der Waals surface area contributed by atoms with Crippen molar-refractivity contribution in [2.24, 2.45) is 5.41 Å². The number of rotatable bonds is 6. The first kappa shape index (κ1) is 20.5. The SMILES string of the molecule is CC(C)(/C=C/C(=O)O)[C@@H](OC(=O)Nc1ccc(C#N)cc1)c1ccc(O)cc1. The van der Waals surface area contributed by atoms with Crippen LogP contribution in [0.15, 0.2) is 60.7 Å². The molecule has 0 aliphatic heterocycles. The molecule has 0 unspecified atom stereocenters. The number of hydrogen-bond acceptors (Lipinski definition) is 5. The van der Waals surface area contributed by atoms with Crippen molar-refractivity contribution < 1.29 is 24.5 Å². The van der Waals surface area contributed by atoms with Crippen molar-refractivity contribution in [1.82, 2.24) is 0 Å². The first-order valence-corrected chi connectivity index (χ1v) is 8.40. The lowest BCUT2D eigenvalue weighted by Gasteiger charge is -2.31. The number of phenols is 1. The monoisotopic (exact) mass is 380 g/mol. The molecular weight excluding hydrogens is 360 g/mol. The van der Waals surface area contributed by atoms with Crippen molar-refractivity contribution in [3.8, 4) is 11.8 Å². The van der Waals surface area contributed by atoms with Gasteiger partial charge in [-0.2, -0.15) is 5.26 Å². The van der Waals surface area contributed by atoms with Crippen molar-refractivity contribution in [2.75, 3.05) is 5.32 Å². The molecule has 2 rings (SSSR count). The van der Waals surface area contributed by atoms with Crippen molar-refractivity contribution in [3.63, 3.8) is 0 Å². The number of amides is 1. The number of nitrogens with zero attached hydrogens (tertiary/aromatic N) is 1. The van der Waals surface area contributed by atoms with Gasteiger partial charge in [0.05, 0.1) is 11.6 Å². The van der Waals surface area contributed by atoms with Crippen molar-refractivity contribution >= 4 is 17.7 Å². The van der Waals surface area contributed by atoms with E-state index in [0.29, 0.717) is 16.8 Å². The predicted octanol–water partition coefficient (Wildman–Crippen LogP) is 4.22. The van der Waals surface area contributed by atoms with Crippen LogP contribution in [-0.4, -0.2) is 22.3 Å². The fourth-order valence-corrected chi connectivity index (χ4v) is 2.55. The highest BCUT2D eigenvalue weighted by Gasteiger charge is 2.32. The minimum Gasteiger partial charge on any atom is -0.508 e. The summed E-state index contributed by atoms with van der Waals surface area (Å²) < 4.78 is 5.59. The number of nitriles is 1. The van der Waals surface area contributed by atoms with Gasteiger partial charge in [-0.15, -0.1) is 0 Å². The molecule has 7 heteroatoms. The fourth-order valence-electron chi connectivity index (χ4n) is 2.55. The van der Waals surface area contributed by atoms with Gasteiger partial charge in [-0.1, -0.05) is 32.1 Å². The lowest BCUT2D eigenvalue weighted by atomic mass is 9.82. The Hall–Kier alpha value is -3.79. The maximum Gasteiger partial charge on any atom is 0.412 e. The summed E-state index contributed by atoms with van der Waals surface area (Å²) in [6.45, 7) is 3.47. The summed E-state index contributed by atoms with van der Waals surface area (Å²) in [5.74, 6) is -1.05. The number of phenolic OH excluding ortho intramolecular Hbond substituents is 1. The third-order valence-electron chi connectivity index (χ3n) is 4.01. The zero-order chi connectivity index (χ0) is 20.7. The molecule has 0 aromatic heterocycles. The van der Waals surface area contributed by atoms with Crippen LogP contribution in [0, 0.1) is 16.7 Å². The number of carbonyl (C=O) groups excluding carboxylic acids is 1. The molecule has 3 N–H and O–H groups in total. The van der Waals surface area contributed by atoms with Crippen LogP contribution in [0.1, 0.15) is 31.1 Å². The molecule has 144 valence electrons. The number of aromatic hydroxyl groups is 1. The van der Waals surface area contributed by atoms with Crippen LogP contribution >= 0.6 is 0 Å². The second-order valence-electron chi connectivity index (χ2n) is 6.68. The van der Waals surface area contributed by atoms with Gasteiger partial charge >= 0.3 is 12.1 Å². The number of aliphatic carboxylic acids is 1. The standard InChI is InChI=1S/C21H20N2O5/c1-21(2,12-11-18(25)26)19(15-5-9-17(24)10-6-15)28-20(27)23-16-7-3-14(13-22)4-8-16/h3-12,19,24H,1-2H3,(H,23,27)(H,25,26)/b12-11+/t19-/m0/s1. The van der Waals surface area contributed by atoms with Crippen LogP contribution in [0.5, 0.6) is 5.75 Å². The Morgan fingerprint density at radius 3 is 2.29 bits per heavy atom. The Morgan fingerprint density at radius 1 is 1.14 bits per heavy atom. The van der Waals surface area contributed by atoms with Gasteiger partial charge < -0.3 is 14.9 Å². The highest BCUT2D eigenvalue weighted by atomic mass is 16.6. The molecular formula is C21H20N2O5. The van der Waals surface area contributed by atoms with E-state index < -0.39 is 23.6 Å². The highest BCUT2D eigenvalue weighted by Crippen LogP contribution is 2.38. The Bertz CT molecular complexity index is 909. The smallest absolute Gasteiger partial charge is 0.412 e. The second-order valence-corrected chi connectivity index (χ2v) is 6.68. The van der Waals surface area contributed by atoms with Gasteiger partial charge in [0.15, 0.2) is 0 Å². The van der Waals surface area contributed by atoms with Gasteiger partial charge in [-0.3, -0.25) is 5.32 Å². The number of ether oxygens (including phenoxy) is 1. The Labute approximate surface area is 162 Å². The van der Waals surface area contributed by atoms with Gasteiger partial charge in [-0.05, 0) is 42.0 Å². The number of carboxylic acid groups (broad SMARTS) is 1.